The Balaban J connectivity index is 3.08. The van der Waals surface area contributed by atoms with Gasteiger partial charge in [0.05, 0.1) is 12.0 Å². The number of hydrogen-bond acceptors (Lipinski definition) is 2. The van der Waals surface area contributed by atoms with Gasteiger partial charge in [0, 0.05) is 5.56 Å². The minimum Gasteiger partial charge on any atom is -0.481 e. The van der Waals surface area contributed by atoms with Crippen LogP contribution in [-0.4, -0.2) is 16.2 Å². The summed E-state index contributed by atoms with van der Waals surface area (Å²) in [4.78, 5) is 10.8. The van der Waals surface area contributed by atoms with Crippen LogP contribution in [0.3, 0.4) is 0 Å². The molecule has 0 bridgehead atoms. The van der Waals surface area contributed by atoms with E-state index in [1.165, 1.54) is 12.1 Å². The topological polar surface area (TPSA) is 57.5 Å². The van der Waals surface area contributed by atoms with Crippen LogP contribution in [0.4, 0.5) is 8.78 Å². The average Bonchev–Trinajstić information content (AvgIpc) is 2.22. The van der Waals surface area contributed by atoms with Crippen molar-refractivity contribution in [2.24, 2.45) is 5.92 Å². The van der Waals surface area contributed by atoms with Gasteiger partial charge in [-0.2, -0.15) is 0 Å². The minimum absolute atomic E-state index is 0.131. The highest BCUT2D eigenvalue weighted by atomic mass is 19.2. The van der Waals surface area contributed by atoms with E-state index in [0.29, 0.717) is 0 Å². The Morgan fingerprint density at radius 2 is 2.06 bits per heavy atom. The Morgan fingerprint density at radius 1 is 1.44 bits per heavy atom. The maximum Gasteiger partial charge on any atom is 0.309 e. The smallest absolute Gasteiger partial charge is 0.309 e. The maximum atomic E-state index is 13.3. The normalized spacial score (nSPS) is 14.5. The van der Waals surface area contributed by atoms with Crippen LogP contribution in [0, 0.1) is 17.6 Å². The number of aliphatic hydroxyl groups excluding tert-OH is 1. The van der Waals surface area contributed by atoms with Crippen LogP contribution in [0.2, 0.25) is 0 Å². The molecule has 0 amide bonds. The number of aliphatic hydroxyl groups is 1. The number of rotatable bonds is 4. The Labute approximate surface area is 91.3 Å². The van der Waals surface area contributed by atoms with Crippen molar-refractivity contribution in [3.63, 3.8) is 0 Å². The molecule has 0 aliphatic rings. The highest BCUT2D eigenvalue weighted by Gasteiger charge is 2.28. The number of hydrogen-bond donors (Lipinski definition) is 2. The van der Waals surface area contributed by atoms with Gasteiger partial charge < -0.3 is 10.2 Å². The van der Waals surface area contributed by atoms with Crippen molar-refractivity contribution in [2.45, 2.75) is 19.4 Å². The number of halogens is 2. The van der Waals surface area contributed by atoms with Gasteiger partial charge in [-0.15, -0.1) is 0 Å². The molecular weight excluding hydrogens is 218 g/mol. The first-order chi connectivity index (χ1) is 7.49. The van der Waals surface area contributed by atoms with Crippen LogP contribution in [0.15, 0.2) is 18.2 Å². The van der Waals surface area contributed by atoms with Gasteiger partial charge in [0.25, 0.3) is 0 Å². The van der Waals surface area contributed by atoms with Gasteiger partial charge in [0.15, 0.2) is 11.6 Å². The molecule has 1 rings (SSSR count). The lowest BCUT2D eigenvalue weighted by molar-refractivity contribution is -0.146. The Bertz CT molecular complexity index is 393. The third-order valence-electron chi connectivity index (χ3n) is 2.44. The van der Waals surface area contributed by atoms with Crippen LogP contribution in [0.1, 0.15) is 25.0 Å². The number of carbonyl (C=O) groups is 1. The predicted molar refractivity (Wildman–Crippen MR) is 52.7 cm³/mol. The SMILES string of the molecule is CCC(C(=O)O)C(O)c1cccc(F)c1F. The van der Waals surface area contributed by atoms with Crippen LogP contribution in [0.25, 0.3) is 0 Å². The van der Waals surface area contributed by atoms with Gasteiger partial charge in [0.1, 0.15) is 0 Å². The van der Waals surface area contributed by atoms with Crippen LogP contribution < -0.4 is 0 Å². The van der Waals surface area contributed by atoms with Crippen molar-refractivity contribution in [1.29, 1.82) is 0 Å². The van der Waals surface area contributed by atoms with E-state index in [0.717, 1.165) is 6.07 Å². The minimum atomic E-state index is -1.54. The highest BCUT2D eigenvalue weighted by molar-refractivity contribution is 5.71. The number of aliphatic carboxylic acids is 1. The van der Waals surface area contributed by atoms with Crippen molar-refractivity contribution in [3.8, 4) is 0 Å². The Hall–Kier alpha value is -1.49. The second-order valence-electron chi connectivity index (χ2n) is 3.44. The molecule has 0 heterocycles. The first-order valence-electron chi connectivity index (χ1n) is 4.83. The zero-order valence-corrected chi connectivity index (χ0v) is 8.65. The quantitative estimate of drug-likeness (QED) is 0.832. The van der Waals surface area contributed by atoms with Gasteiger partial charge >= 0.3 is 5.97 Å². The van der Waals surface area contributed by atoms with E-state index in [4.69, 9.17) is 5.11 Å². The molecule has 2 unspecified atom stereocenters. The van der Waals surface area contributed by atoms with Crippen molar-refractivity contribution in [1.82, 2.24) is 0 Å². The van der Waals surface area contributed by atoms with E-state index in [1.54, 1.807) is 6.92 Å². The first kappa shape index (κ1) is 12.6. The summed E-state index contributed by atoms with van der Waals surface area (Å²) in [6.45, 7) is 1.55. The lowest BCUT2D eigenvalue weighted by Gasteiger charge is -2.18. The fourth-order valence-electron chi connectivity index (χ4n) is 1.50. The number of carboxylic acid groups (broad SMARTS) is 1. The van der Waals surface area contributed by atoms with Gasteiger partial charge in [0.2, 0.25) is 0 Å². The van der Waals surface area contributed by atoms with Crippen molar-refractivity contribution in [3.05, 3.63) is 35.4 Å². The van der Waals surface area contributed by atoms with E-state index in [-0.39, 0.29) is 12.0 Å². The number of carboxylic acids is 1. The second kappa shape index (κ2) is 5.03. The lowest BCUT2D eigenvalue weighted by Crippen LogP contribution is -2.22. The zero-order valence-electron chi connectivity index (χ0n) is 8.65. The molecule has 0 aromatic heterocycles. The molecule has 1 aromatic carbocycles. The molecule has 2 atom stereocenters. The summed E-state index contributed by atoms with van der Waals surface area (Å²) in [5.41, 5.74) is -0.325. The molecular formula is C11H12F2O3. The first-order valence-corrected chi connectivity index (χ1v) is 4.83. The summed E-state index contributed by atoms with van der Waals surface area (Å²) in [6.07, 6.45) is -1.41. The van der Waals surface area contributed by atoms with Gasteiger partial charge in [-0.05, 0) is 12.5 Å². The molecule has 0 radical (unpaired) electrons. The molecule has 2 N–H and O–H groups in total. The largest absolute Gasteiger partial charge is 0.481 e. The summed E-state index contributed by atoms with van der Waals surface area (Å²) in [6, 6.07) is 3.31. The van der Waals surface area contributed by atoms with E-state index in [2.05, 4.69) is 0 Å². The molecule has 1 aromatic rings. The fraction of sp³-hybridized carbons (Fsp3) is 0.364. The molecule has 0 fully saturated rings. The molecule has 0 aliphatic heterocycles. The highest BCUT2D eigenvalue weighted by Crippen LogP contribution is 2.27. The molecule has 5 heteroatoms. The zero-order chi connectivity index (χ0) is 12.3. The molecule has 0 spiro atoms. The molecule has 0 aliphatic carbocycles. The third kappa shape index (κ3) is 2.36. The van der Waals surface area contributed by atoms with Gasteiger partial charge in [-0.3, -0.25) is 4.79 Å². The molecule has 16 heavy (non-hydrogen) atoms. The lowest BCUT2D eigenvalue weighted by atomic mass is 9.93. The fourth-order valence-corrected chi connectivity index (χ4v) is 1.50. The van der Waals surface area contributed by atoms with E-state index >= 15 is 0 Å². The summed E-state index contributed by atoms with van der Waals surface area (Å²) in [5.74, 6) is -4.68. The van der Waals surface area contributed by atoms with Crippen molar-refractivity contribution < 1.29 is 23.8 Å². The monoisotopic (exact) mass is 230 g/mol. The Kier molecular flexibility index (Phi) is 3.95. The third-order valence-corrected chi connectivity index (χ3v) is 2.44. The van der Waals surface area contributed by atoms with Gasteiger partial charge in [-0.25, -0.2) is 8.78 Å². The van der Waals surface area contributed by atoms with E-state index in [9.17, 15) is 18.7 Å². The molecule has 0 saturated carbocycles. The Morgan fingerprint density at radius 3 is 2.56 bits per heavy atom. The summed E-state index contributed by atoms with van der Waals surface area (Å²) >= 11 is 0. The number of benzene rings is 1. The molecule has 3 nitrogen and oxygen atoms in total. The maximum absolute atomic E-state index is 13.3. The predicted octanol–water partition coefficient (Wildman–Crippen LogP) is 2.11. The van der Waals surface area contributed by atoms with Crippen LogP contribution in [-0.2, 0) is 4.79 Å². The summed E-state index contributed by atoms with van der Waals surface area (Å²) in [7, 11) is 0. The summed E-state index contributed by atoms with van der Waals surface area (Å²) in [5, 5.41) is 18.5. The standard InChI is InChI=1S/C11H12F2O3/c1-2-6(11(15)16)10(14)7-4-3-5-8(12)9(7)13/h3-6,10,14H,2H2,1H3,(H,15,16). The van der Waals surface area contributed by atoms with E-state index in [1.807, 2.05) is 0 Å². The van der Waals surface area contributed by atoms with Gasteiger partial charge in [-0.1, -0.05) is 19.1 Å². The molecule has 88 valence electrons. The second-order valence-corrected chi connectivity index (χ2v) is 3.44. The van der Waals surface area contributed by atoms with Crippen LogP contribution in [0.5, 0.6) is 0 Å². The average molecular weight is 230 g/mol. The summed E-state index contributed by atoms with van der Waals surface area (Å²) < 4.78 is 26.2. The van der Waals surface area contributed by atoms with E-state index < -0.39 is 29.6 Å². The van der Waals surface area contributed by atoms with Crippen molar-refractivity contribution in [2.75, 3.05) is 0 Å². The van der Waals surface area contributed by atoms with Crippen molar-refractivity contribution >= 4 is 5.97 Å². The molecule has 0 saturated heterocycles. The van der Waals surface area contributed by atoms with Crippen LogP contribution >= 0.6 is 0 Å².